The normalized spacial score (nSPS) is 10.5. The van der Waals surface area contributed by atoms with Crippen LogP contribution in [0.25, 0.3) is 0 Å². The van der Waals surface area contributed by atoms with E-state index in [4.69, 9.17) is 0 Å². The predicted molar refractivity (Wildman–Crippen MR) is 37.6 cm³/mol. The van der Waals surface area contributed by atoms with Gasteiger partial charge in [0.25, 0.3) is 0 Å². The molecule has 3 nitrogen and oxygen atoms in total. The summed E-state index contributed by atoms with van der Waals surface area (Å²) in [6.07, 6.45) is 2.25. The lowest BCUT2D eigenvalue weighted by atomic mass is 10.2. The zero-order valence-corrected chi connectivity index (χ0v) is 6.41. The van der Waals surface area contributed by atoms with Gasteiger partial charge in [-0.05, 0) is 0 Å². The van der Waals surface area contributed by atoms with Gasteiger partial charge in [0.2, 0.25) is 11.9 Å². The lowest BCUT2D eigenvalue weighted by Gasteiger charge is -2.01. The molecule has 1 heterocycles. The highest BCUT2D eigenvalue weighted by molar-refractivity contribution is 5.80. The summed E-state index contributed by atoms with van der Waals surface area (Å²) >= 11 is 0. The Hall–Kier alpha value is -1.19. The van der Waals surface area contributed by atoms with Gasteiger partial charge >= 0.3 is 0 Å². The zero-order chi connectivity index (χ0) is 8.43. The number of halogens is 1. The molecule has 11 heavy (non-hydrogen) atoms. The second-order valence-electron chi connectivity index (χ2n) is 2.60. The lowest BCUT2D eigenvalue weighted by Crippen LogP contribution is -2.14. The van der Waals surface area contributed by atoms with Gasteiger partial charge in [-0.15, -0.1) is 0 Å². The highest BCUT2D eigenvalue weighted by atomic mass is 19.1. The number of hydrogen-bond donors (Lipinski definition) is 0. The summed E-state index contributed by atoms with van der Waals surface area (Å²) < 4.78 is 13.4. The maximum atomic E-state index is 12.3. The molecule has 0 amide bonds. The maximum Gasteiger partial charge on any atom is 0.234 e. The second kappa shape index (κ2) is 2.82. The standard InChI is InChI=1S/C7H9FN2O/c1-5(2)7(11)10-3-6(8)9-4-10/h3-5H,1-2H3. The molecule has 0 atom stereocenters. The largest absolute Gasteiger partial charge is 0.274 e. The van der Waals surface area contributed by atoms with Gasteiger partial charge in [0.05, 0.1) is 6.20 Å². The van der Waals surface area contributed by atoms with Crippen molar-refractivity contribution in [1.29, 1.82) is 0 Å². The van der Waals surface area contributed by atoms with Crippen molar-refractivity contribution in [3.8, 4) is 0 Å². The van der Waals surface area contributed by atoms with E-state index in [1.807, 2.05) is 0 Å². The molecule has 0 aliphatic heterocycles. The van der Waals surface area contributed by atoms with Gasteiger partial charge in [0.15, 0.2) is 0 Å². The summed E-state index contributed by atoms with van der Waals surface area (Å²) in [4.78, 5) is 14.4. The first kappa shape index (κ1) is 7.91. The second-order valence-corrected chi connectivity index (χ2v) is 2.60. The number of carbonyl (C=O) groups excluding carboxylic acids is 1. The van der Waals surface area contributed by atoms with Crippen LogP contribution in [0.5, 0.6) is 0 Å². The van der Waals surface area contributed by atoms with Gasteiger partial charge in [0.1, 0.15) is 6.33 Å². The van der Waals surface area contributed by atoms with Gasteiger partial charge in [-0.3, -0.25) is 9.36 Å². The smallest absolute Gasteiger partial charge is 0.234 e. The number of rotatable bonds is 1. The summed E-state index contributed by atoms with van der Waals surface area (Å²) in [6, 6.07) is 0. The molecule has 0 unspecified atom stereocenters. The number of carbonyl (C=O) groups is 1. The van der Waals surface area contributed by atoms with E-state index in [1.54, 1.807) is 13.8 Å². The monoisotopic (exact) mass is 156 g/mol. The average Bonchev–Trinajstić information content (AvgIpc) is 2.34. The number of hydrogen-bond acceptors (Lipinski definition) is 2. The molecule has 0 spiro atoms. The van der Waals surface area contributed by atoms with Crippen LogP contribution in [0.2, 0.25) is 0 Å². The molecule has 4 heteroatoms. The van der Waals surface area contributed by atoms with Crippen LogP contribution in [0, 0.1) is 11.9 Å². The summed E-state index contributed by atoms with van der Waals surface area (Å²) in [5.74, 6) is -0.913. The maximum absolute atomic E-state index is 12.3. The minimum atomic E-state index is -0.626. The van der Waals surface area contributed by atoms with Crippen LogP contribution in [0.3, 0.4) is 0 Å². The Morgan fingerprint density at radius 2 is 2.36 bits per heavy atom. The lowest BCUT2D eigenvalue weighted by molar-refractivity contribution is 0.0854. The van der Waals surface area contributed by atoms with Crippen molar-refractivity contribution in [2.24, 2.45) is 5.92 Å². The van der Waals surface area contributed by atoms with Crippen LogP contribution in [-0.2, 0) is 0 Å². The van der Waals surface area contributed by atoms with Gasteiger partial charge < -0.3 is 0 Å². The van der Waals surface area contributed by atoms with Crippen molar-refractivity contribution in [2.45, 2.75) is 13.8 Å². The van der Waals surface area contributed by atoms with Crippen LogP contribution >= 0.6 is 0 Å². The summed E-state index contributed by atoms with van der Waals surface area (Å²) in [5, 5.41) is 0. The van der Waals surface area contributed by atoms with Gasteiger partial charge in [-0.2, -0.15) is 4.39 Å². The summed E-state index contributed by atoms with van der Waals surface area (Å²) in [5.41, 5.74) is 0. The van der Waals surface area contributed by atoms with E-state index < -0.39 is 5.95 Å². The third kappa shape index (κ3) is 1.63. The minimum Gasteiger partial charge on any atom is -0.274 e. The number of aromatic nitrogens is 2. The Morgan fingerprint density at radius 1 is 1.73 bits per heavy atom. The van der Waals surface area contributed by atoms with Crippen molar-refractivity contribution < 1.29 is 9.18 Å². The Kier molecular flexibility index (Phi) is 2.03. The molecule has 0 aliphatic rings. The number of imidazole rings is 1. The summed E-state index contributed by atoms with van der Waals surface area (Å²) in [6.45, 7) is 3.50. The van der Waals surface area contributed by atoms with Crippen molar-refractivity contribution in [2.75, 3.05) is 0 Å². The molecule has 0 bridgehead atoms. The molecule has 0 saturated carbocycles. The van der Waals surface area contributed by atoms with Gasteiger partial charge in [-0.1, -0.05) is 13.8 Å². The molecule has 1 rings (SSSR count). The van der Waals surface area contributed by atoms with E-state index in [0.717, 1.165) is 10.8 Å². The highest BCUT2D eigenvalue weighted by Crippen LogP contribution is 2.00. The van der Waals surface area contributed by atoms with Gasteiger partial charge in [0, 0.05) is 5.92 Å². The van der Waals surface area contributed by atoms with Crippen molar-refractivity contribution in [3.63, 3.8) is 0 Å². The van der Waals surface area contributed by atoms with Crippen molar-refractivity contribution >= 4 is 5.91 Å². The van der Waals surface area contributed by atoms with Crippen LogP contribution in [0.15, 0.2) is 12.5 Å². The molecular formula is C7H9FN2O. The molecule has 1 aromatic heterocycles. The van der Waals surface area contributed by atoms with Gasteiger partial charge in [-0.25, -0.2) is 4.98 Å². The highest BCUT2D eigenvalue weighted by Gasteiger charge is 2.09. The molecule has 0 aromatic carbocycles. The molecule has 0 saturated heterocycles. The Balaban J connectivity index is 2.85. The van der Waals surface area contributed by atoms with Crippen molar-refractivity contribution in [3.05, 3.63) is 18.5 Å². The third-order valence-electron chi connectivity index (χ3n) is 1.30. The van der Waals surface area contributed by atoms with E-state index in [-0.39, 0.29) is 11.8 Å². The van der Waals surface area contributed by atoms with Crippen LogP contribution in [-0.4, -0.2) is 15.5 Å². The molecular weight excluding hydrogens is 147 g/mol. The predicted octanol–water partition coefficient (Wildman–Crippen LogP) is 1.32. The SMILES string of the molecule is CC(C)C(=O)n1cnc(F)c1. The minimum absolute atomic E-state index is 0.136. The molecule has 1 aromatic rings. The van der Waals surface area contributed by atoms with E-state index in [1.165, 1.54) is 6.33 Å². The Labute approximate surface area is 63.9 Å². The van der Waals surface area contributed by atoms with E-state index in [9.17, 15) is 9.18 Å². The Morgan fingerprint density at radius 3 is 2.73 bits per heavy atom. The fourth-order valence-corrected chi connectivity index (χ4v) is 0.717. The van der Waals surface area contributed by atoms with E-state index in [2.05, 4.69) is 4.98 Å². The first-order valence-electron chi connectivity index (χ1n) is 3.35. The molecule has 0 aliphatic carbocycles. The molecule has 60 valence electrons. The quantitative estimate of drug-likeness (QED) is 0.614. The van der Waals surface area contributed by atoms with Crippen LogP contribution in [0.1, 0.15) is 18.6 Å². The third-order valence-corrected chi connectivity index (χ3v) is 1.30. The first-order valence-corrected chi connectivity index (χ1v) is 3.35. The zero-order valence-electron chi connectivity index (χ0n) is 6.41. The van der Waals surface area contributed by atoms with E-state index in [0.29, 0.717) is 0 Å². The van der Waals surface area contributed by atoms with Crippen LogP contribution in [0.4, 0.5) is 4.39 Å². The van der Waals surface area contributed by atoms with Crippen molar-refractivity contribution in [1.82, 2.24) is 9.55 Å². The van der Waals surface area contributed by atoms with Crippen LogP contribution < -0.4 is 0 Å². The fourth-order valence-electron chi connectivity index (χ4n) is 0.717. The topological polar surface area (TPSA) is 34.9 Å². The molecule has 0 radical (unpaired) electrons. The molecule has 0 N–H and O–H groups in total. The molecule has 0 fully saturated rings. The van der Waals surface area contributed by atoms with E-state index >= 15 is 0 Å². The average molecular weight is 156 g/mol. The fraction of sp³-hybridized carbons (Fsp3) is 0.429. The first-order chi connectivity index (χ1) is 5.11. The number of nitrogens with zero attached hydrogens (tertiary/aromatic N) is 2. The Bertz CT molecular complexity index is 267. The summed E-state index contributed by atoms with van der Waals surface area (Å²) in [7, 11) is 0.